The molecule has 17 heteroatoms. The summed E-state index contributed by atoms with van der Waals surface area (Å²) in [4.78, 5) is 8.72. The Bertz CT molecular complexity index is 701. The van der Waals surface area contributed by atoms with Gasteiger partial charge in [-0.1, -0.05) is 0 Å². The fourth-order valence-electron chi connectivity index (χ4n) is 4.30. The van der Waals surface area contributed by atoms with Gasteiger partial charge in [0.05, 0.1) is 13.2 Å². The predicted octanol–water partition coefficient (Wildman–Crippen LogP) is -8.62. The van der Waals surface area contributed by atoms with Gasteiger partial charge in [0.1, 0.15) is 48.8 Å². The molecule has 17 nitrogen and oxygen atoms in total. The van der Waals surface area contributed by atoms with Crippen molar-refractivity contribution in [1.82, 2.24) is 0 Å². The van der Waals surface area contributed by atoms with Crippen LogP contribution in [-0.2, 0) is 24.0 Å². The highest BCUT2D eigenvalue weighted by atomic mass is 17.5. The lowest BCUT2D eigenvalue weighted by Crippen LogP contribution is -2.88. The summed E-state index contributed by atoms with van der Waals surface area (Å²) in [5.41, 5.74) is -4.12. The van der Waals surface area contributed by atoms with Crippen molar-refractivity contribution in [3.8, 4) is 0 Å². The van der Waals surface area contributed by atoms with Gasteiger partial charge in [-0.2, -0.15) is 9.78 Å². The van der Waals surface area contributed by atoms with E-state index in [2.05, 4.69) is 9.78 Å². The monoisotopic (exact) mass is 476 g/mol. The summed E-state index contributed by atoms with van der Waals surface area (Å²) < 4.78 is 14.6. The molecule has 4 rings (SSSR count). The van der Waals surface area contributed by atoms with Crippen LogP contribution >= 0.6 is 0 Å². The highest BCUT2D eigenvalue weighted by Gasteiger charge is 3.00. The quantitative estimate of drug-likeness (QED) is 0.129. The van der Waals surface area contributed by atoms with Crippen molar-refractivity contribution in [2.75, 3.05) is 13.2 Å². The maximum absolute atomic E-state index is 11.6. The lowest BCUT2D eigenvalue weighted by atomic mass is 9.68. The van der Waals surface area contributed by atoms with Crippen LogP contribution in [-0.4, -0.2) is 152 Å². The zero-order valence-corrected chi connectivity index (χ0v) is 15.9. The molecule has 0 bridgehead atoms. The van der Waals surface area contributed by atoms with E-state index in [1.165, 1.54) is 0 Å². The molecule has 4 heterocycles. The van der Waals surface area contributed by atoms with Crippen LogP contribution in [0.3, 0.4) is 0 Å². The van der Waals surface area contributed by atoms with Gasteiger partial charge in [-0.3, -0.25) is 4.74 Å². The van der Waals surface area contributed by atoms with E-state index < -0.39 is 91.0 Å². The molecule has 0 amide bonds. The molecule has 0 saturated carbocycles. The first-order chi connectivity index (χ1) is 14.7. The van der Waals surface area contributed by atoms with Crippen LogP contribution < -0.4 is 0 Å². The summed E-state index contributed by atoms with van der Waals surface area (Å²) in [6.45, 7) is -2.30. The van der Waals surface area contributed by atoms with Crippen LogP contribution in [0.25, 0.3) is 0 Å². The number of aliphatic hydroxyl groups is 12. The lowest BCUT2D eigenvalue weighted by molar-refractivity contribution is -0.502. The number of epoxide rings is 1. The van der Waals surface area contributed by atoms with Crippen molar-refractivity contribution in [3.05, 3.63) is 0 Å². The summed E-state index contributed by atoms with van der Waals surface area (Å²) in [7, 11) is 0. The molecule has 8 unspecified atom stereocenters. The molecule has 186 valence electrons. The average molecular weight is 476 g/mol. The minimum Gasteiger partial charge on any atom is -0.394 e. The highest BCUT2D eigenvalue weighted by Crippen LogP contribution is 2.68. The van der Waals surface area contributed by atoms with Crippen LogP contribution in [0.15, 0.2) is 0 Å². The molecule has 32 heavy (non-hydrogen) atoms. The molecule has 4 fully saturated rings. The normalized spacial score (nSPS) is 56.6. The maximum atomic E-state index is 11.6. The molecule has 0 aromatic carbocycles. The number of ether oxygens (including phenoxy) is 3. The summed E-state index contributed by atoms with van der Waals surface area (Å²) >= 11 is 0. The molecule has 4 aliphatic rings. The molecule has 0 aromatic rings. The van der Waals surface area contributed by atoms with Crippen molar-refractivity contribution in [1.29, 1.82) is 0 Å². The van der Waals surface area contributed by atoms with Gasteiger partial charge in [0.25, 0.3) is 0 Å². The molecule has 4 aliphatic heterocycles. The van der Waals surface area contributed by atoms with E-state index in [9.17, 15) is 61.3 Å². The fraction of sp³-hybridized carbons (Fsp3) is 1.00. The third-order valence-electron chi connectivity index (χ3n) is 6.35. The second kappa shape index (κ2) is 7.16. The molecule has 12 atom stereocenters. The van der Waals surface area contributed by atoms with Gasteiger partial charge in [-0.05, 0) is 0 Å². The van der Waals surface area contributed by atoms with E-state index in [0.717, 1.165) is 0 Å². The molecule has 0 aliphatic carbocycles. The Morgan fingerprint density at radius 2 is 1.03 bits per heavy atom. The average Bonchev–Trinajstić information content (AvgIpc) is 3.67. The topological polar surface area (TPSA) is 299 Å². The van der Waals surface area contributed by atoms with Gasteiger partial charge in [-0.25, -0.2) is 0 Å². The minimum atomic E-state index is -4.12. The van der Waals surface area contributed by atoms with Gasteiger partial charge >= 0.3 is 11.8 Å². The Balaban J connectivity index is 1.90. The first kappa shape index (κ1) is 24.4. The van der Waals surface area contributed by atoms with Gasteiger partial charge in [0, 0.05) is 0 Å². The molecular weight excluding hydrogens is 452 g/mol. The largest absolute Gasteiger partial charge is 0.400 e. The van der Waals surface area contributed by atoms with E-state index in [-0.39, 0.29) is 0 Å². The van der Waals surface area contributed by atoms with Crippen molar-refractivity contribution in [2.45, 2.75) is 77.8 Å². The van der Waals surface area contributed by atoms with E-state index in [1.807, 2.05) is 0 Å². The van der Waals surface area contributed by atoms with E-state index in [4.69, 9.17) is 14.2 Å². The zero-order chi connectivity index (χ0) is 24.1. The predicted molar refractivity (Wildman–Crippen MR) is 85.7 cm³/mol. The summed E-state index contributed by atoms with van der Waals surface area (Å²) in [6, 6.07) is 0. The Hall–Kier alpha value is -0.680. The Kier molecular flexibility index (Phi) is 5.47. The number of hydrogen-bond donors (Lipinski definition) is 12. The smallest absolute Gasteiger partial charge is 0.394 e. The van der Waals surface area contributed by atoms with Crippen LogP contribution in [0.1, 0.15) is 0 Å². The van der Waals surface area contributed by atoms with Crippen molar-refractivity contribution in [2.24, 2.45) is 0 Å². The van der Waals surface area contributed by atoms with Crippen LogP contribution in [0.4, 0.5) is 0 Å². The summed E-state index contributed by atoms with van der Waals surface area (Å²) in [6.07, 6.45) is -18.6. The second-order valence-corrected chi connectivity index (χ2v) is 8.10. The first-order valence-corrected chi connectivity index (χ1v) is 9.33. The molecular formula is C15H24O17. The van der Waals surface area contributed by atoms with Gasteiger partial charge in [0.15, 0.2) is 0 Å². The van der Waals surface area contributed by atoms with E-state index in [0.29, 0.717) is 0 Å². The second-order valence-electron chi connectivity index (χ2n) is 8.10. The Morgan fingerprint density at radius 1 is 0.656 bits per heavy atom. The number of hydrogen-bond acceptors (Lipinski definition) is 17. The van der Waals surface area contributed by atoms with Crippen LogP contribution in [0.5, 0.6) is 0 Å². The van der Waals surface area contributed by atoms with Crippen molar-refractivity contribution in [3.63, 3.8) is 0 Å². The van der Waals surface area contributed by atoms with Crippen molar-refractivity contribution < 1.29 is 85.3 Å². The Morgan fingerprint density at radius 3 is 1.31 bits per heavy atom. The maximum Gasteiger partial charge on any atom is 0.400 e. The Labute approximate surface area is 177 Å². The lowest BCUT2D eigenvalue weighted by Gasteiger charge is -2.59. The number of aliphatic hydroxyl groups excluding tert-OH is 8. The molecule has 12 N–H and O–H groups in total. The molecule has 1 spiro atoms. The van der Waals surface area contributed by atoms with Crippen molar-refractivity contribution >= 4 is 0 Å². The highest BCUT2D eigenvalue weighted by molar-refractivity contribution is 5.28. The molecule has 4 saturated heterocycles. The summed E-state index contributed by atoms with van der Waals surface area (Å²) in [5, 5.41) is 125. The third-order valence-corrected chi connectivity index (χ3v) is 6.35. The fourth-order valence-corrected chi connectivity index (χ4v) is 4.30. The summed E-state index contributed by atoms with van der Waals surface area (Å²) in [5.74, 6) is -13.9. The standard InChI is InChI=1S/C15H24O17/c16-1-3-5(18)7(20)9(22)11(24,28-3)13(26,14(27)15(30-14)31-32-15)12(25)10(23)8(21)6(19)4(2-17)29-12/h3-10,16-27H,1-2H2/t3-,4?,5-,6?,7+,8?,9-,10?,11?,12?,13?,14?/m1/s1. The minimum absolute atomic E-state index is 1.15. The van der Waals surface area contributed by atoms with Gasteiger partial charge in [0.2, 0.25) is 17.2 Å². The molecule has 0 aromatic heterocycles. The van der Waals surface area contributed by atoms with Crippen LogP contribution in [0, 0.1) is 0 Å². The molecule has 0 radical (unpaired) electrons. The zero-order valence-electron chi connectivity index (χ0n) is 15.9. The number of rotatable bonds is 5. The van der Waals surface area contributed by atoms with E-state index in [1.54, 1.807) is 0 Å². The first-order valence-electron chi connectivity index (χ1n) is 9.33. The third kappa shape index (κ3) is 2.64. The van der Waals surface area contributed by atoms with E-state index >= 15 is 0 Å². The van der Waals surface area contributed by atoms with Gasteiger partial charge in [-0.15, -0.1) is 0 Å². The SMILES string of the molecule is OCC1OC(O)(C(O)(C2(O)O[C@H](CO)[C@@H](O)[C@H](O)[C@H]2O)C2(O)OC23OO3)C(O)C(O)C1O. The van der Waals surface area contributed by atoms with Gasteiger partial charge < -0.3 is 70.8 Å². The van der Waals surface area contributed by atoms with Crippen LogP contribution in [0.2, 0.25) is 0 Å².